The second-order valence-electron chi connectivity index (χ2n) is 5.50. The lowest BCUT2D eigenvalue weighted by molar-refractivity contribution is -0.137. The maximum Gasteiger partial charge on any atom is 0.273 e. The molecule has 2 aromatic rings. The van der Waals surface area contributed by atoms with Gasteiger partial charge in [-0.3, -0.25) is 24.3 Å². The Bertz CT molecular complexity index is 876. The molecule has 3 amide bonds. The van der Waals surface area contributed by atoms with Crippen LogP contribution in [0.4, 0.5) is 5.69 Å². The zero-order chi connectivity index (χ0) is 18.0. The summed E-state index contributed by atoms with van der Waals surface area (Å²) in [6.45, 7) is 1.54. The predicted molar refractivity (Wildman–Crippen MR) is 93.3 cm³/mol. The van der Waals surface area contributed by atoms with Crippen molar-refractivity contribution in [2.75, 3.05) is 5.32 Å². The van der Waals surface area contributed by atoms with Crippen LogP contribution in [0.2, 0.25) is 0 Å². The monoisotopic (exact) mass is 355 g/mol. The number of aromatic nitrogens is 1. The molecule has 6 nitrogen and oxygen atoms in total. The summed E-state index contributed by atoms with van der Waals surface area (Å²) in [5.41, 5.74) is 2.06. The topological polar surface area (TPSA) is 79.4 Å². The van der Waals surface area contributed by atoms with Gasteiger partial charge in [-0.2, -0.15) is 0 Å². The van der Waals surface area contributed by atoms with Gasteiger partial charge in [0.25, 0.3) is 11.8 Å². The van der Waals surface area contributed by atoms with Crippen molar-refractivity contribution in [3.8, 4) is 0 Å². The van der Waals surface area contributed by atoms with Crippen LogP contribution in [-0.4, -0.2) is 27.6 Å². The second kappa shape index (κ2) is 6.86. The van der Waals surface area contributed by atoms with Gasteiger partial charge in [0.1, 0.15) is 5.03 Å². The van der Waals surface area contributed by atoms with Crippen LogP contribution < -0.4 is 5.32 Å². The van der Waals surface area contributed by atoms with Gasteiger partial charge in [0, 0.05) is 25.0 Å². The number of amides is 3. The maximum atomic E-state index is 12.7. The molecule has 2 heterocycles. The van der Waals surface area contributed by atoms with Gasteiger partial charge < -0.3 is 5.32 Å². The van der Waals surface area contributed by atoms with Gasteiger partial charge in [0.05, 0.1) is 12.1 Å². The van der Waals surface area contributed by atoms with E-state index in [9.17, 15) is 14.4 Å². The fourth-order valence-corrected chi connectivity index (χ4v) is 2.83. The molecular weight excluding hydrogens is 342 g/mol. The van der Waals surface area contributed by atoms with E-state index in [1.54, 1.807) is 48.8 Å². The number of hydrogen-bond acceptors (Lipinski definition) is 4. The summed E-state index contributed by atoms with van der Waals surface area (Å²) in [4.78, 5) is 41.1. The van der Waals surface area contributed by atoms with Gasteiger partial charge in [0.15, 0.2) is 0 Å². The molecule has 1 N–H and O–H groups in total. The molecule has 0 fully saturated rings. The lowest BCUT2D eigenvalue weighted by Gasteiger charge is -2.14. The van der Waals surface area contributed by atoms with E-state index in [1.807, 2.05) is 0 Å². The lowest BCUT2D eigenvalue weighted by atomic mass is 10.1. The lowest BCUT2D eigenvalue weighted by Crippen LogP contribution is -2.30. The van der Waals surface area contributed by atoms with Crippen LogP contribution in [0.5, 0.6) is 0 Å². The van der Waals surface area contributed by atoms with Crippen molar-refractivity contribution >= 4 is 40.6 Å². The molecule has 0 unspecified atom stereocenters. The van der Waals surface area contributed by atoms with Crippen molar-refractivity contribution < 1.29 is 14.4 Å². The summed E-state index contributed by atoms with van der Waals surface area (Å²) in [6, 6.07) is 10.0. The Morgan fingerprint density at radius 3 is 2.32 bits per heavy atom. The minimum Gasteiger partial charge on any atom is -0.326 e. The summed E-state index contributed by atoms with van der Waals surface area (Å²) in [6.07, 6.45) is 3.19. The summed E-state index contributed by atoms with van der Waals surface area (Å²) in [7, 11) is 0. The number of nitrogens with zero attached hydrogens (tertiary/aromatic N) is 2. The van der Waals surface area contributed by atoms with Crippen LogP contribution in [0.15, 0.2) is 53.8 Å². The molecule has 0 bridgehead atoms. The normalized spacial score (nSPS) is 14.2. The number of imide groups is 1. The zero-order valence-corrected chi connectivity index (χ0v) is 14.1. The van der Waals surface area contributed by atoms with Gasteiger partial charge in [-0.15, -0.1) is 0 Å². The van der Waals surface area contributed by atoms with Gasteiger partial charge >= 0.3 is 0 Å². The average Bonchev–Trinajstić information content (AvgIpc) is 2.80. The molecule has 25 heavy (non-hydrogen) atoms. The van der Waals surface area contributed by atoms with Crippen molar-refractivity contribution in [2.24, 2.45) is 0 Å². The summed E-state index contributed by atoms with van der Waals surface area (Å²) in [5, 5.41) is 2.53. The Balaban J connectivity index is 1.85. The predicted octanol–water partition coefficient (Wildman–Crippen LogP) is 2.56. The van der Waals surface area contributed by atoms with E-state index in [-0.39, 0.29) is 23.1 Å². The Labute approximate surface area is 149 Å². The Kier molecular flexibility index (Phi) is 4.63. The highest BCUT2D eigenvalue weighted by atomic mass is 35.5. The van der Waals surface area contributed by atoms with Crippen LogP contribution in [0.3, 0.4) is 0 Å². The molecule has 0 saturated carbocycles. The third-order valence-electron chi connectivity index (χ3n) is 3.70. The number of anilines is 1. The van der Waals surface area contributed by atoms with Crippen molar-refractivity contribution in [2.45, 2.75) is 13.5 Å². The SMILES string of the molecule is CC(=O)Nc1ccc(C2=C(Cl)C(=O)N(Cc3ccncc3)C2=O)cc1. The molecule has 0 atom stereocenters. The molecule has 1 aromatic carbocycles. The highest BCUT2D eigenvalue weighted by Crippen LogP contribution is 2.33. The average molecular weight is 356 g/mol. The first-order valence-electron chi connectivity index (χ1n) is 7.50. The molecule has 1 aliphatic heterocycles. The van der Waals surface area contributed by atoms with Crippen LogP contribution in [0.1, 0.15) is 18.1 Å². The van der Waals surface area contributed by atoms with Crippen LogP contribution >= 0.6 is 11.6 Å². The maximum absolute atomic E-state index is 12.7. The third kappa shape index (κ3) is 3.44. The van der Waals surface area contributed by atoms with E-state index in [0.717, 1.165) is 10.5 Å². The van der Waals surface area contributed by atoms with Crippen molar-refractivity contribution in [3.63, 3.8) is 0 Å². The Morgan fingerprint density at radius 2 is 1.72 bits per heavy atom. The number of hydrogen-bond donors (Lipinski definition) is 1. The third-order valence-corrected chi connectivity index (χ3v) is 4.05. The number of halogens is 1. The minimum atomic E-state index is -0.524. The van der Waals surface area contributed by atoms with Gasteiger partial charge in [-0.25, -0.2) is 0 Å². The second-order valence-corrected chi connectivity index (χ2v) is 5.88. The van der Waals surface area contributed by atoms with Gasteiger partial charge in [0.2, 0.25) is 5.91 Å². The molecule has 0 spiro atoms. The van der Waals surface area contributed by atoms with E-state index >= 15 is 0 Å². The van der Waals surface area contributed by atoms with E-state index in [0.29, 0.717) is 11.3 Å². The molecule has 3 rings (SSSR count). The zero-order valence-electron chi connectivity index (χ0n) is 13.3. The largest absolute Gasteiger partial charge is 0.326 e. The Morgan fingerprint density at radius 1 is 1.08 bits per heavy atom. The van der Waals surface area contributed by atoms with Crippen molar-refractivity contribution in [3.05, 3.63) is 65.0 Å². The number of carbonyl (C=O) groups is 3. The van der Waals surface area contributed by atoms with E-state index < -0.39 is 11.8 Å². The molecule has 126 valence electrons. The number of pyridine rings is 1. The van der Waals surface area contributed by atoms with E-state index in [4.69, 9.17) is 11.6 Å². The first-order valence-corrected chi connectivity index (χ1v) is 7.88. The molecule has 0 aliphatic carbocycles. The van der Waals surface area contributed by atoms with Gasteiger partial charge in [-0.1, -0.05) is 23.7 Å². The first kappa shape index (κ1) is 16.9. The van der Waals surface area contributed by atoms with Crippen molar-refractivity contribution in [1.29, 1.82) is 0 Å². The van der Waals surface area contributed by atoms with E-state index in [1.165, 1.54) is 6.92 Å². The van der Waals surface area contributed by atoms with Gasteiger partial charge in [-0.05, 0) is 35.4 Å². The fraction of sp³-hybridized carbons (Fsp3) is 0.111. The Hall–Kier alpha value is -2.99. The molecule has 0 saturated heterocycles. The molecule has 1 aromatic heterocycles. The summed E-state index contributed by atoms with van der Waals surface area (Å²) in [5.74, 6) is -1.16. The number of carbonyl (C=O) groups excluding carboxylic acids is 3. The highest BCUT2D eigenvalue weighted by molar-refractivity contribution is 6.55. The number of benzene rings is 1. The smallest absolute Gasteiger partial charge is 0.273 e. The minimum absolute atomic E-state index is 0.105. The standard InChI is InChI=1S/C18H14ClN3O3/c1-11(23)21-14-4-2-13(3-5-14)15-16(19)18(25)22(17(15)24)10-12-6-8-20-9-7-12/h2-9H,10H2,1H3,(H,21,23). The summed E-state index contributed by atoms with van der Waals surface area (Å²) >= 11 is 6.13. The van der Waals surface area contributed by atoms with Crippen LogP contribution in [0.25, 0.3) is 5.57 Å². The first-order chi connectivity index (χ1) is 12.0. The van der Waals surface area contributed by atoms with Crippen LogP contribution in [-0.2, 0) is 20.9 Å². The number of nitrogens with one attached hydrogen (secondary N) is 1. The fourth-order valence-electron chi connectivity index (χ4n) is 2.53. The quantitative estimate of drug-likeness (QED) is 0.855. The number of rotatable bonds is 4. The molecule has 1 aliphatic rings. The van der Waals surface area contributed by atoms with Crippen LogP contribution in [0, 0.1) is 0 Å². The molecule has 0 radical (unpaired) electrons. The molecular formula is C18H14ClN3O3. The molecule has 7 heteroatoms. The van der Waals surface area contributed by atoms with Crippen molar-refractivity contribution in [1.82, 2.24) is 9.88 Å². The summed E-state index contributed by atoms with van der Waals surface area (Å²) < 4.78 is 0. The highest BCUT2D eigenvalue weighted by Gasteiger charge is 2.38. The van der Waals surface area contributed by atoms with E-state index in [2.05, 4.69) is 10.3 Å².